The van der Waals surface area contributed by atoms with E-state index in [1.165, 1.54) is 24.8 Å². The molecule has 0 N–H and O–H groups in total. The topological polar surface area (TPSA) is 43.4 Å². The highest BCUT2D eigenvalue weighted by Crippen LogP contribution is 2.63. The molecule has 0 aromatic carbocycles. The monoisotopic (exact) mass is 464 g/mol. The second-order valence-electron chi connectivity index (χ2n) is 11.7. The predicted molar refractivity (Wildman–Crippen MR) is 137 cm³/mol. The zero-order valence-corrected chi connectivity index (χ0v) is 21.6. The van der Waals surface area contributed by atoms with Crippen LogP contribution in [0.3, 0.4) is 0 Å². The number of unbranched alkanes of at least 4 members (excludes halogenated alkanes) is 3. The van der Waals surface area contributed by atoms with Gasteiger partial charge in [0.15, 0.2) is 5.78 Å². The smallest absolute Gasteiger partial charge is 0.306 e. The van der Waals surface area contributed by atoms with Crippen molar-refractivity contribution in [2.75, 3.05) is 0 Å². The van der Waals surface area contributed by atoms with Crippen LogP contribution in [0.4, 0.5) is 0 Å². The first-order chi connectivity index (χ1) is 16.4. The zero-order chi connectivity index (χ0) is 24.3. The molecule has 3 heteroatoms. The molecule has 0 spiro atoms. The van der Waals surface area contributed by atoms with E-state index in [2.05, 4.69) is 26.7 Å². The molecule has 4 rings (SSSR count). The predicted octanol–water partition coefficient (Wildman–Crippen LogP) is 7.21. The molecule has 0 aromatic rings. The van der Waals surface area contributed by atoms with Crippen LogP contribution >= 0.6 is 0 Å². The van der Waals surface area contributed by atoms with Crippen LogP contribution in [-0.4, -0.2) is 17.9 Å². The van der Waals surface area contributed by atoms with Crippen molar-refractivity contribution >= 4 is 11.8 Å². The lowest BCUT2D eigenvalue weighted by Crippen LogP contribution is -2.49. The second kappa shape index (κ2) is 10.8. The fourth-order valence-electron chi connectivity index (χ4n) is 8.04. The maximum absolute atomic E-state index is 12.8. The maximum atomic E-state index is 12.8. The van der Waals surface area contributed by atoms with Gasteiger partial charge in [0.1, 0.15) is 6.10 Å². The van der Waals surface area contributed by atoms with E-state index in [9.17, 15) is 9.59 Å². The maximum Gasteiger partial charge on any atom is 0.306 e. The van der Waals surface area contributed by atoms with Crippen molar-refractivity contribution in [3.63, 3.8) is 0 Å². The molecule has 4 aliphatic carbocycles. The average molecular weight is 465 g/mol. The van der Waals surface area contributed by atoms with Crippen LogP contribution in [0.1, 0.15) is 104 Å². The van der Waals surface area contributed by atoms with Crippen molar-refractivity contribution in [1.29, 1.82) is 0 Å². The Bertz CT molecular complexity index is 874. The van der Waals surface area contributed by atoms with Gasteiger partial charge in [0.25, 0.3) is 0 Å². The molecule has 34 heavy (non-hydrogen) atoms. The van der Waals surface area contributed by atoms with Crippen molar-refractivity contribution in [2.45, 2.75) is 110 Å². The van der Waals surface area contributed by atoms with Gasteiger partial charge >= 0.3 is 5.97 Å². The Hall–Kier alpha value is -1.82. The van der Waals surface area contributed by atoms with Gasteiger partial charge in [-0.2, -0.15) is 0 Å². The van der Waals surface area contributed by atoms with E-state index in [1.807, 2.05) is 12.2 Å². The van der Waals surface area contributed by atoms with E-state index >= 15 is 0 Å². The van der Waals surface area contributed by atoms with E-state index in [1.54, 1.807) is 0 Å². The molecular formula is C31H44O3. The average Bonchev–Trinajstić information content (AvgIpc) is 3.09. The van der Waals surface area contributed by atoms with Crippen LogP contribution in [0.2, 0.25) is 0 Å². The molecule has 0 saturated heterocycles. The Morgan fingerprint density at radius 1 is 1.21 bits per heavy atom. The lowest BCUT2D eigenvalue weighted by Gasteiger charge is -2.53. The molecule has 3 saturated carbocycles. The van der Waals surface area contributed by atoms with E-state index in [0.29, 0.717) is 35.9 Å². The van der Waals surface area contributed by atoms with Gasteiger partial charge in [-0.1, -0.05) is 57.9 Å². The van der Waals surface area contributed by atoms with Crippen molar-refractivity contribution < 1.29 is 14.3 Å². The Balaban J connectivity index is 1.51. The highest BCUT2D eigenvalue weighted by atomic mass is 16.5. The Labute approximate surface area is 207 Å². The molecule has 186 valence electrons. The summed E-state index contributed by atoms with van der Waals surface area (Å²) in [5.41, 5.74) is 2.55. The number of fused-ring (bicyclic) bond motifs is 5. The minimum atomic E-state index is -0.175. The van der Waals surface area contributed by atoms with E-state index in [-0.39, 0.29) is 23.4 Å². The van der Waals surface area contributed by atoms with Crippen LogP contribution < -0.4 is 0 Å². The first kappa shape index (κ1) is 25.3. The van der Waals surface area contributed by atoms with Gasteiger partial charge in [0, 0.05) is 17.8 Å². The quantitative estimate of drug-likeness (QED) is 0.217. The fourth-order valence-corrected chi connectivity index (χ4v) is 8.04. The highest BCUT2D eigenvalue weighted by molar-refractivity contribution is 5.93. The van der Waals surface area contributed by atoms with Crippen molar-refractivity contribution in [3.8, 4) is 12.3 Å². The van der Waals surface area contributed by atoms with Crippen LogP contribution in [0.15, 0.2) is 23.3 Å². The summed E-state index contributed by atoms with van der Waals surface area (Å²) in [6.45, 7) is 6.73. The number of terminal acetylenes is 1. The molecule has 4 aliphatic rings. The lowest BCUT2D eigenvalue weighted by atomic mass is 9.51. The number of carbonyl (C=O) groups is 2. The molecule has 3 nitrogen and oxygen atoms in total. The normalized spacial score (nSPS) is 37.9. The number of ether oxygens (including phenoxy) is 1. The minimum absolute atomic E-state index is 0.0303. The zero-order valence-electron chi connectivity index (χ0n) is 21.6. The molecule has 0 aliphatic heterocycles. The summed E-state index contributed by atoms with van der Waals surface area (Å²) in [6, 6.07) is 0. The molecule has 7 atom stereocenters. The van der Waals surface area contributed by atoms with Gasteiger partial charge < -0.3 is 4.74 Å². The standard InChI is InChI=1S/C31H44O3/c1-5-8-9-10-13-29(33)34-30-23(12-7-3)19-27-25-15-14-21-20-28(32)22(11-6-2)18-26(21)24(25)16-17-31(27,30)4/h3,12,20,22,24-27,30H,5-6,8-11,13-19H2,1-2,4H3/t22?,24-,25+,26-,27-,30-,31-/m0/s1. The summed E-state index contributed by atoms with van der Waals surface area (Å²) in [5.74, 6) is 5.63. The lowest BCUT2D eigenvalue weighted by molar-refractivity contribution is -0.156. The third-order valence-electron chi connectivity index (χ3n) is 9.74. The minimum Gasteiger partial charge on any atom is -0.457 e. The Kier molecular flexibility index (Phi) is 8.06. The summed E-state index contributed by atoms with van der Waals surface area (Å²) in [6.07, 6.45) is 22.8. The van der Waals surface area contributed by atoms with E-state index < -0.39 is 0 Å². The molecule has 0 radical (unpaired) electrons. The summed E-state index contributed by atoms with van der Waals surface area (Å²) in [5, 5.41) is 0. The molecule has 0 aromatic heterocycles. The molecule has 0 amide bonds. The largest absolute Gasteiger partial charge is 0.457 e. The van der Waals surface area contributed by atoms with Gasteiger partial charge in [-0.3, -0.25) is 9.59 Å². The number of carbonyl (C=O) groups excluding carboxylic acids is 2. The number of ketones is 1. The van der Waals surface area contributed by atoms with Gasteiger partial charge in [-0.25, -0.2) is 0 Å². The SMILES string of the molecule is C#CC=C1C[C@H]2[C@@H]3CCC4=CC(=O)C(CCC)C[C@@H]4[C@H]3CC[C@]2(C)[C@H]1OC(=O)CCCCCC. The van der Waals surface area contributed by atoms with Crippen molar-refractivity contribution in [3.05, 3.63) is 23.3 Å². The Morgan fingerprint density at radius 2 is 2.03 bits per heavy atom. The van der Waals surface area contributed by atoms with Crippen molar-refractivity contribution in [1.82, 2.24) is 0 Å². The van der Waals surface area contributed by atoms with Crippen LogP contribution in [0.25, 0.3) is 0 Å². The first-order valence-electron chi connectivity index (χ1n) is 14.0. The molecule has 0 heterocycles. The third kappa shape index (κ3) is 4.80. The number of rotatable bonds is 8. The van der Waals surface area contributed by atoms with Crippen molar-refractivity contribution in [2.24, 2.45) is 35.0 Å². The van der Waals surface area contributed by atoms with E-state index in [4.69, 9.17) is 11.2 Å². The van der Waals surface area contributed by atoms with Crippen LogP contribution in [0.5, 0.6) is 0 Å². The molecular weight excluding hydrogens is 420 g/mol. The summed E-state index contributed by atoms with van der Waals surface area (Å²) >= 11 is 0. The van der Waals surface area contributed by atoms with Gasteiger partial charge in [0.05, 0.1) is 0 Å². The summed E-state index contributed by atoms with van der Waals surface area (Å²) < 4.78 is 6.22. The third-order valence-corrected chi connectivity index (χ3v) is 9.74. The Morgan fingerprint density at radius 3 is 2.76 bits per heavy atom. The molecule has 1 unspecified atom stereocenters. The van der Waals surface area contributed by atoms with E-state index in [0.717, 1.165) is 63.4 Å². The molecule has 0 bridgehead atoms. The summed E-state index contributed by atoms with van der Waals surface area (Å²) in [4.78, 5) is 25.4. The van der Waals surface area contributed by atoms with Gasteiger partial charge in [0.2, 0.25) is 0 Å². The highest BCUT2D eigenvalue weighted by Gasteiger charge is 2.59. The first-order valence-corrected chi connectivity index (χ1v) is 14.0. The fraction of sp³-hybridized carbons (Fsp3) is 0.742. The molecule has 3 fully saturated rings. The van der Waals surface area contributed by atoms with Gasteiger partial charge in [-0.05, 0) is 92.8 Å². The second-order valence-corrected chi connectivity index (χ2v) is 11.7. The van der Waals surface area contributed by atoms with Gasteiger partial charge in [-0.15, -0.1) is 6.42 Å². The number of esters is 1. The summed E-state index contributed by atoms with van der Waals surface area (Å²) in [7, 11) is 0. The number of hydrogen-bond acceptors (Lipinski definition) is 3. The number of hydrogen-bond donors (Lipinski definition) is 0. The van der Waals surface area contributed by atoms with Crippen LogP contribution in [-0.2, 0) is 14.3 Å². The van der Waals surface area contributed by atoms with Crippen LogP contribution in [0, 0.1) is 47.3 Å². The number of allylic oxidation sites excluding steroid dienone is 2.